The number of carbonyl (C=O) groups is 2. The molecule has 2 amide bonds. The molecule has 0 saturated heterocycles. The molecule has 0 aliphatic carbocycles. The van der Waals surface area contributed by atoms with E-state index in [4.69, 9.17) is 18.9 Å². The third-order valence-corrected chi connectivity index (χ3v) is 11.5. The average molecular weight is 906 g/mol. The van der Waals surface area contributed by atoms with E-state index in [1.165, 1.54) is 78.2 Å². The largest absolute Gasteiger partial charge is 0.470 e. The van der Waals surface area contributed by atoms with Gasteiger partial charge in [-0.3, -0.25) is 29.8 Å². The van der Waals surface area contributed by atoms with Gasteiger partial charge in [-0.15, -0.1) is 10.2 Å². The van der Waals surface area contributed by atoms with Gasteiger partial charge >= 0.3 is 10.7 Å². The Bertz CT molecular complexity index is 2180. The van der Waals surface area contributed by atoms with Crippen LogP contribution in [0.2, 0.25) is 0 Å². The molecule has 1 heterocycles. The zero-order valence-corrected chi connectivity index (χ0v) is 38.7. The molecule has 2 atom stereocenters. The van der Waals surface area contributed by atoms with Gasteiger partial charge in [0.05, 0.1) is 21.2 Å². The van der Waals surface area contributed by atoms with Gasteiger partial charge in [-0.05, 0) is 56.7 Å². The molecule has 0 saturated carbocycles. The third-order valence-electron chi connectivity index (χ3n) is 10.6. The number of anilines is 3. The highest BCUT2D eigenvalue weighted by molar-refractivity contribution is 7.19. The van der Waals surface area contributed by atoms with Crippen LogP contribution in [0.4, 0.5) is 38.4 Å². The summed E-state index contributed by atoms with van der Waals surface area (Å²) < 4.78 is 23.8. The van der Waals surface area contributed by atoms with Crippen molar-refractivity contribution < 1.29 is 38.4 Å². The molecule has 0 radical (unpaired) electrons. The lowest BCUT2D eigenvalue weighted by atomic mass is 10.0. The van der Waals surface area contributed by atoms with Crippen molar-refractivity contribution in [3.63, 3.8) is 0 Å². The van der Waals surface area contributed by atoms with Crippen LogP contribution in [0.3, 0.4) is 0 Å². The molecule has 1 aromatic heterocycles. The van der Waals surface area contributed by atoms with Gasteiger partial charge in [0.1, 0.15) is 17.5 Å². The summed E-state index contributed by atoms with van der Waals surface area (Å²) in [5, 5.41) is 37.4. The van der Waals surface area contributed by atoms with Crippen LogP contribution >= 0.6 is 11.3 Å². The number of benzene rings is 3. The summed E-state index contributed by atoms with van der Waals surface area (Å²) in [5.74, 6) is 0.365. The summed E-state index contributed by atoms with van der Waals surface area (Å²) in [7, 11) is 1.54. The molecule has 4 aromatic rings. The van der Waals surface area contributed by atoms with Crippen LogP contribution in [0.25, 0.3) is 10.8 Å². The van der Waals surface area contributed by atoms with Crippen molar-refractivity contribution in [2.75, 3.05) is 36.0 Å². The minimum Gasteiger partial charge on any atom is -0.470 e. The number of azo groups is 1. The molecule has 64 heavy (non-hydrogen) atoms. The Morgan fingerprint density at radius 2 is 1.44 bits per heavy atom. The summed E-state index contributed by atoms with van der Waals surface area (Å²) in [6.07, 6.45) is 15.0. The number of hydrogen-bond donors (Lipinski definition) is 2. The van der Waals surface area contributed by atoms with E-state index in [1.807, 2.05) is 43.0 Å². The maximum atomic E-state index is 13.5. The number of amides is 2. The second kappa shape index (κ2) is 26.8. The standard InChI is InChI=1S/C46H63N7O10S/c1-7-9-10-11-12-13-14-15-16-17-18-19-20-25-43(55)48-40-29-42(36-23-21-22-24-37(36)45(40)62-31-61-34(5)60-6)63-33(4)51(8-2)35-26-27-38(39(28-35)47-32(3)54)49-50-46-41(52(56)57)30-44(64-46)53(58)59/h21-24,26-30,33-34H,7-20,25,31H2,1-6H3,(H,47,54)(H,48,55). The Morgan fingerprint density at radius 3 is 2.03 bits per heavy atom. The van der Waals surface area contributed by atoms with Crippen LogP contribution < -0.4 is 25.0 Å². The van der Waals surface area contributed by atoms with E-state index in [-0.39, 0.29) is 29.1 Å². The van der Waals surface area contributed by atoms with E-state index in [2.05, 4.69) is 27.8 Å². The number of methoxy groups -OCH3 is 1. The Labute approximate surface area is 379 Å². The second-order valence-corrected chi connectivity index (χ2v) is 16.5. The Kier molecular flexibility index (Phi) is 21.3. The predicted octanol–water partition coefficient (Wildman–Crippen LogP) is 13.1. The van der Waals surface area contributed by atoms with Crippen molar-refractivity contribution in [2.45, 2.75) is 137 Å². The fourth-order valence-electron chi connectivity index (χ4n) is 7.16. The highest BCUT2D eigenvalue weighted by atomic mass is 32.1. The number of unbranched alkanes of at least 4 members (excludes halogenated alkanes) is 12. The van der Waals surface area contributed by atoms with Crippen molar-refractivity contribution in [3.05, 3.63) is 74.8 Å². The van der Waals surface area contributed by atoms with E-state index in [1.54, 1.807) is 31.2 Å². The van der Waals surface area contributed by atoms with Gasteiger partial charge in [0.15, 0.2) is 25.1 Å². The lowest BCUT2D eigenvalue weighted by Crippen LogP contribution is -2.37. The first kappa shape index (κ1) is 50.9. The maximum Gasteiger partial charge on any atom is 0.333 e. The smallest absolute Gasteiger partial charge is 0.333 e. The third kappa shape index (κ3) is 15.8. The SMILES string of the molecule is CCCCCCCCCCCCCCCC(=O)Nc1cc(OC(C)N(CC)c2ccc(N=Nc3sc([N+](=O)[O-])cc3[N+](=O)[O-])c(NC(C)=O)c2)c2ccccc2c1OCOC(C)OC. The summed E-state index contributed by atoms with van der Waals surface area (Å²) in [6, 6.07) is 15.1. The first-order valence-corrected chi connectivity index (χ1v) is 23.0. The highest BCUT2D eigenvalue weighted by Crippen LogP contribution is 2.44. The Morgan fingerprint density at radius 1 is 0.797 bits per heavy atom. The monoisotopic (exact) mass is 905 g/mol. The normalized spacial score (nSPS) is 12.3. The van der Waals surface area contributed by atoms with Crippen molar-refractivity contribution in [2.24, 2.45) is 10.2 Å². The Balaban J connectivity index is 1.52. The molecule has 0 bridgehead atoms. The van der Waals surface area contributed by atoms with Gasteiger partial charge in [-0.25, -0.2) is 0 Å². The summed E-state index contributed by atoms with van der Waals surface area (Å²) in [4.78, 5) is 49.0. The zero-order valence-electron chi connectivity index (χ0n) is 37.9. The molecular formula is C46H63N7O10S. The number of nitro groups is 2. The lowest BCUT2D eigenvalue weighted by Gasteiger charge is -2.31. The van der Waals surface area contributed by atoms with Gasteiger partial charge in [0.2, 0.25) is 16.8 Å². The molecule has 2 unspecified atom stereocenters. The van der Waals surface area contributed by atoms with Gasteiger partial charge < -0.3 is 34.5 Å². The van der Waals surface area contributed by atoms with E-state index < -0.39 is 39.0 Å². The fraction of sp³-hybridized carbons (Fsp3) is 0.522. The van der Waals surface area contributed by atoms with E-state index in [9.17, 15) is 29.8 Å². The number of fused-ring (bicyclic) bond motifs is 1. The van der Waals surface area contributed by atoms with Crippen molar-refractivity contribution in [1.82, 2.24) is 0 Å². The summed E-state index contributed by atoms with van der Waals surface area (Å²) >= 11 is 0.517. The number of hydrogen-bond acceptors (Lipinski definition) is 14. The molecule has 4 rings (SSSR count). The molecular weight excluding hydrogens is 843 g/mol. The van der Waals surface area contributed by atoms with E-state index in [0.29, 0.717) is 52.6 Å². The molecule has 3 aromatic carbocycles. The number of ether oxygens (including phenoxy) is 4. The molecule has 0 aliphatic heterocycles. The molecule has 0 spiro atoms. The minimum absolute atomic E-state index is 0.128. The quantitative estimate of drug-likeness (QED) is 0.0165. The van der Waals surface area contributed by atoms with E-state index in [0.717, 1.165) is 30.7 Å². The molecule has 2 N–H and O–H groups in total. The maximum absolute atomic E-state index is 13.5. The number of rotatable bonds is 30. The average Bonchev–Trinajstić information content (AvgIpc) is 3.71. The molecule has 0 fully saturated rings. The van der Waals surface area contributed by atoms with Gasteiger partial charge in [-0.2, -0.15) is 0 Å². The summed E-state index contributed by atoms with van der Waals surface area (Å²) in [6.45, 7) is 9.46. The molecule has 0 aliphatic rings. The van der Waals surface area contributed by atoms with Crippen LogP contribution in [0.1, 0.15) is 125 Å². The van der Waals surface area contributed by atoms with Crippen molar-refractivity contribution in [3.8, 4) is 11.5 Å². The van der Waals surface area contributed by atoms with Crippen LogP contribution in [0.15, 0.2) is 64.8 Å². The molecule has 17 nitrogen and oxygen atoms in total. The van der Waals surface area contributed by atoms with Crippen molar-refractivity contribution >= 4 is 72.4 Å². The number of carbonyl (C=O) groups excluding carboxylic acids is 2. The van der Waals surface area contributed by atoms with Crippen LogP contribution in [-0.4, -0.2) is 54.6 Å². The second-order valence-electron chi connectivity index (χ2n) is 15.4. The topological polar surface area (TPSA) is 209 Å². The zero-order chi connectivity index (χ0) is 46.4. The minimum atomic E-state index is -0.768. The summed E-state index contributed by atoms with van der Waals surface area (Å²) in [5.41, 5.74) is 0.920. The number of thiophene rings is 1. The van der Waals surface area contributed by atoms with Gasteiger partial charge in [-0.1, -0.05) is 108 Å². The van der Waals surface area contributed by atoms with E-state index >= 15 is 0 Å². The lowest BCUT2D eigenvalue weighted by molar-refractivity contribution is -0.389. The van der Waals surface area contributed by atoms with Gasteiger partial charge in [0, 0.05) is 49.5 Å². The predicted molar refractivity (Wildman–Crippen MR) is 252 cm³/mol. The highest BCUT2D eigenvalue weighted by Gasteiger charge is 2.26. The van der Waals surface area contributed by atoms with Crippen molar-refractivity contribution in [1.29, 1.82) is 0 Å². The first-order valence-electron chi connectivity index (χ1n) is 22.2. The molecule has 18 heteroatoms. The fourth-order valence-corrected chi connectivity index (χ4v) is 7.92. The van der Waals surface area contributed by atoms with Crippen LogP contribution in [-0.2, 0) is 19.1 Å². The van der Waals surface area contributed by atoms with Crippen LogP contribution in [0, 0.1) is 20.2 Å². The van der Waals surface area contributed by atoms with Gasteiger partial charge in [0.25, 0.3) is 0 Å². The van der Waals surface area contributed by atoms with Crippen LogP contribution in [0.5, 0.6) is 11.5 Å². The first-order chi connectivity index (χ1) is 30.9. The molecule has 348 valence electrons. The number of nitrogens with one attached hydrogen (secondary N) is 2. The Hall–Kier alpha value is -5.72. The number of nitrogens with zero attached hydrogens (tertiary/aromatic N) is 5.